The number of amides is 1. The highest BCUT2D eigenvalue weighted by molar-refractivity contribution is 7.96. The summed E-state index contributed by atoms with van der Waals surface area (Å²) in [5, 5.41) is 0. The average molecular weight is 338 g/mol. The lowest BCUT2D eigenvalue weighted by Crippen LogP contribution is -2.58. The topological polar surface area (TPSA) is 32.3 Å². The van der Waals surface area contributed by atoms with E-state index in [9.17, 15) is 4.79 Å². The van der Waals surface area contributed by atoms with Gasteiger partial charge < -0.3 is 4.90 Å². The lowest BCUT2D eigenvalue weighted by molar-refractivity contribution is -0.137. The summed E-state index contributed by atoms with van der Waals surface area (Å²) in [6.07, 6.45) is 3.02. The molecular weight excluding hydrogens is 316 g/mol. The van der Waals surface area contributed by atoms with Gasteiger partial charge in [0.2, 0.25) is 5.91 Å². The number of carbonyl (C=O) groups excluding carboxylic acids is 1. The molecule has 1 aliphatic carbocycles. The van der Waals surface area contributed by atoms with Gasteiger partial charge in [-0.1, -0.05) is 66.5 Å². The van der Waals surface area contributed by atoms with Crippen LogP contribution in [0.1, 0.15) is 17.9 Å². The maximum Gasteiger partial charge on any atom is 0.226 e. The highest BCUT2D eigenvalue weighted by Crippen LogP contribution is 2.51. The maximum atomic E-state index is 12.7. The highest BCUT2D eigenvalue weighted by atomic mass is 32.2. The van der Waals surface area contributed by atoms with E-state index in [4.69, 9.17) is 0 Å². The van der Waals surface area contributed by atoms with E-state index in [1.54, 1.807) is 11.9 Å². The Kier molecular flexibility index (Phi) is 4.33. The lowest BCUT2D eigenvalue weighted by Gasteiger charge is -2.39. The zero-order chi connectivity index (χ0) is 16.5. The van der Waals surface area contributed by atoms with Crippen LogP contribution in [0.2, 0.25) is 0 Å². The van der Waals surface area contributed by atoms with Crippen LogP contribution in [0.3, 0.4) is 0 Å². The Morgan fingerprint density at radius 1 is 1.08 bits per heavy atom. The largest absolute Gasteiger partial charge is 0.339 e. The van der Waals surface area contributed by atoms with Gasteiger partial charge in [0.15, 0.2) is 0 Å². The number of hydrogen-bond donors (Lipinski definition) is 1. The fourth-order valence-electron chi connectivity index (χ4n) is 3.65. The average Bonchev–Trinajstić information content (AvgIpc) is 3.39. The summed E-state index contributed by atoms with van der Waals surface area (Å²) in [5.41, 5.74) is 3.82. The molecule has 2 fully saturated rings. The molecule has 4 rings (SSSR count). The minimum atomic E-state index is 0.171. The van der Waals surface area contributed by atoms with Gasteiger partial charge in [0, 0.05) is 19.0 Å². The minimum Gasteiger partial charge on any atom is -0.339 e. The van der Waals surface area contributed by atoms with Crippen molar-refractivity contribution in [2.24, 2.45) is 5.92 Å². The third kappa shape index (κ3) is 2.96. The molecule has 1 saturated heterocycles. The maximum absolute atomic E-state index is 12.7. The normalized spacial score (nSPS) is 23.0. The van der Waals surface area contributed by atoms with Gasteiger partial charge in [-0.3, -0.25) is 9.52 Å². The van der Waals surface area contributed by atoms with Crippen molar-refractivity contribution in [2.45, 2.75) is 18.4 Å². The van der Waals surface area contributed by atoms with Gasteiger partial charge in [0.05, 0.1) is 6.04 Å². The summed E-state index contributed by atoms with van der Waals surface area (Å²) >= 11 is 1.63. The van der Waals surface area contributed by atoms with Gasteiger partial charge >= 0.3 is 0 Å². The summed E-state index contributed by atoms with van der Waals surface area (Å²) in [5.74, 6) is 0.883. The number of nitrogens with one attached hydrogen (secondary N) is 1. The molecule has 3 nitrogen and oxygen atoms in total. The standard InChI is InChI=1S/C20H22N2OS/c1-24-21-15-12-22(13-15)20(23)19-11-18(19)17-10-6-5-9-16(17)14-7-3-2-4-8-14/h2-10,15,18-19,21H,11-13H2,1H3. The number of likely N-dealkylation sites (tertiary alicyclic amines) is 1. The highest BCUT2D eigenvalue weighted by Gasteiger charge is 2.48. The van der Waals surface area contributed by atoms with Crippen LogP contribution in [0.25, 0.3) is 11.1 Å². The summed E-state index contributed by atoms with van der Waals surface area (Å²) < 4.78 is 3.32. The van der Waals surface area contributed by atoms with E-state index in [0.717, 1.165) is 19.5 Å². The molecule has 2 aromatic rings. The zero-order valence-electron chi connectivity index (χ0n) is 13.8. The van der Waals surface area contributed by atoms with Crippen molar-refractivity contribution in [1.29, 1.82) is 0 Å². The van der Waals surface area contributed by atoms with Gasteiger partial charge in [0.25, 0.3) is 0 Å². The predicted molar refractivity (Wildman–Crippen MR) is 99.7 cm³/mol. The molecule has 2 aliphatic rings. The van der Waals surface area contributed by atoms with E-state index in [1.807, 2.05) is 17.2 Å². The number of rotatable bonds is 5. The van der Waals surface area contributed by atoms with Crippen molar-refractivity contribution in [1.82, 2.24) is 9.62 Å². The second-order valence-electron chi connectivity index (χ2n) is 6.66. The Balaban J connectivity index is 1.47. The summed E-state index contributed by atoms with van der Waals surface area (Å²) in [4.78, 5) is 14.7. The van der Waals surface area contributed by atoms with Crippen LogP contribution in [0.4, 0.5) is 0 Å². The number of carbonyl (C=O) groups is 1. The molecule has 1 N–H and O–H groups in total. The molecular formula is C20H22N2OS. The molecule has 2 unspecified atom stereocenters. The molecule has 24 heavy (non-hydrogen) atoms. The third-order valence-corrected chi connectivity index (χ3v) is 5.60. The molecule has 0 spiro atoms. The van der Waals surface area contributed by atoms with Crippen LogP contribution in [0, 0.1) is 5.92 Å². The van der Waals surface area contributed by atoms with Gasteiger partial charge in [-0.15, -0.1) is 0 Å². The Labute approximate surface area is 147 Å². The Bertz CT molecular complexity index is 727. The summed E-state index contributed by atoms with van der Waals surface area (Å²) in [6, 6.07) is 19.5. The SMILES string of the molecule is CSNC1CN(C(=O)C2CC2c2ccccc2-c2ccccc2)C1. The van der Waals surface area contributed by atoms with E-state index in [0.29, 0.717) is 17.9 Å². The summed E-state index contributed by atoms with van der Waals surface area (Å²) in [7, 11) is 0. The minimum absolute atomic E-state index is 0.171. The molecule has 2 atom stereocenters. The predicted octanol–water partition coefficient (Wildman–Crippen LogP) is 3.54. The number of nitrogens with zero attached hydrogens (tertiary/aromatic N) is 1. The number of hydrogen-bond acceptors (Lipinski definition) is 3. The Morgan fingerprint density at radius 3 is 2.54 bits per heavy atom. The van der Waals surface area contributed by atoms with Crippen molar-refractivity contribution in [3.63, 3.8) is 0 Å². The zero-order valence-corrected chi connectivity index (χ0v) is 14.6. The molecule has 0 bridgehead atoms. The third-order valence-electron chi connectivity index (χ3n) is 5.03. The fourth-order valence-corrected chi connectivity index (χ4v) is 4.13. The van der Waals surface area contributed by atoms with Gasteiger partial charge in [0.1, 0.15) is 0 Å². The number of benzene rings is 2. The molecule has 0 aromatic heterocycles. The monoisotopic (exact) mass is 338 g/mol. The van der Waals surface area contributed by atoms with Crippen molar-refractivity contribution >= 4 is 17.9 Å². The first-order valence-corrected chi connectivity index (χ1v) is 9.72. The second kappa shape index (κ2) is 6.61. The quantitative estimate of drug-likeness (QED) is 0.847. The van der Waals surface area contributed by atoms with Crippen molar-refractivity contribution in [3.05, 3.63) is 60.2 Å². The second-order valence-corrected chi connectivity index (χ2v) is 7.31. The van der Waals surface area contributed by atoms with Crippen LogP contribution in [0.5, 0.6) is 0 Å². The molecule has 4 heteroatoms. The first-order valence-electron chi connectivity index (χ1n) is 8.49. The van der Waals surface area contributed by atoms with E-state index in [2.05, 4.69) is 53.3 Å². The first kappa shape index (κ1) is 15.7. The Hall–Kier alpha value is -1.78. The molecule has 1 saturated carbocycles. The lowest BCUT2D eigenvalue weighted by atomic mass is 9.95. The van der Waals surface area contributed by atoms with Crippen LogP contribution < -0.4 is 4.72 Å². The Morgan fingerprint density at radius 2 is 1.79 bits per heavy atom. The van der Waals surface area contributed by atoms with Crippen molar-refractivity contribution in [3.8, 4) is 11.1 Å². The molecule has 124 valence electrons. The fraction of sp³-hybridized carbons (Fsp3) is 0.350. The van der Waals surface area contributed by atoms with Gasteiger partial charge in [-0.2, -0.15) is 0 Å². The smallest absolute Gasteiger partial charge is 0.226 e. The van der Waals surface area contributed by atoms with Gasteiger partial charge in [-0.25, -0.2) is 0 Å². The first-order chi connectivity index (χ1) is 11.8. The van der Waals surface area contributed by atoms with E-state index < -0.39 is 0 Å². The molecule has 1 amide bonds. The van der Waals surface area contributed by atoms with Crippen molar-refractivity contribution < 1.29 is 4.79 Å². The van der Waals surface area contributed by atoms with Gasteiger partial charge in [-0.05, 0) is 35.3 Å². The summed E-state index contributed by atoms with van der Waals surface area (Å²) in [6.45, 7) is 1.70. The van der Waals surface area contributed by atoms with E-state index in [-0.39, 0.29) is 5.92 Å². The molecule has 2 aromatic carbocycles. The van der Waals surface area contributed by atoms with Crippen molar-refractivity contribution in [2.75, 3.05) is 19.3 Å². The van der Waals surface area contributed by atoms with Crippen LogP contribution in [-0.4, -0.2) is 36.2 Å². The molecule has 1 aliphatic heterocycles. The van der Waals surface area contributed by atoms with Crippen LogP contribution in [-0.2, 0) is 4.79 Å². The molecule has 0 radical (unpaired) electrons. The van der Waals surface area contributed by atoms with E-state index >= 15 is 0 Å². The van der Waals surface area contributed by atoms with E-state index in [1.165, 1.54) is 16.7 Å². The molecule has 1 heterocycles. The van der Waals surface area contributed by atoms with Crippen LogP contribution >= 0.6 is 11.9 Å². The van der Waals surface area contributed by atoms with Crippen LogP contribution in [0.15, 0.2) is 54.6 Å².